The van der Waals surface area contributed by atoms with Crippen LogP contribution in [0.5, 0.6) is 0 Å². The second-order valence-corrected chi connectivity index (χ2v) is 4.17. The second kappa shape index (κ2) is 4.53. The minimum Gasteiger partial charge on any atom is -0.363 e. The molecule has 1 aromatic rings. The Hall–Kier alpha value is -1.23. The third-order valence-corrected chi connectivity index (χ3v) is 2.19. The molecule has 0 fully saturated rings. The average Bonchev–Trinajstić information content (AvgIpc) is 2.12. The van der Waals surface area contributed by atoms with Crippen molar-refractivity contribution in [2.75, 3.05) is 11.9 Å². The molecule has 1 aromatic heterocycles. The summed E-state index contributed by atoms with van der Waals surface area (Å²) in [6, 6.07) is 0. The molecule has 0 aromatic carbocycles. The molecule has 0 unspecified atom stereocenters. The number of halogens is 1. The van der Waals surface area contributed by atoms with Crippen molar-refractivity contribution < 1.29 is 4.39 Å². The summed E-state index contributed by atoms with van der Waals surface area (Å²) in [5.41, 5.74) is 5.55. The Morgan fingerprint density at radius 1 is 1.47 bits per heavy atom. The highest BCUT2D eigenvalue weighted by Crippen LogP contribution is 2.19. The Kier molecular flexibility index (Phi) is 3.57. The topological polar surface area (TPSA) is 63.8 Å². The largest absolute Gasteiger partial charge is 0.363 e. The number of aromatic nitrogens is 2. The molecule has 0 radical (unpaired) electrons. The van der Waals surface area contributed by atoms with Crippen LogP contribution >= 0.6 is 0 Å². The number of nitrogens with one attached hydrogen (secondary N) is 1. The minimum atomic E-state index is -0.400. The van der Waals surface area contributed by atoms with Crippen LogP contribution in [0.2, 0.25) is 0 Å². The lowest BCUT2D eigenvalue weighted by molar-refractivity contribution is 0.513. The van der Waals surface area contributed by atoms with E-state index < -0.39 is 5.82 Å². The van der Waals surface area contributed by atoms with Gasteiger partial charge in [-0.2, -0.15) is 0 Å². The fourth-order valence-corrected chi connectivity index (χ4v) is 1.29. The fourth-order valence-electron chi connectivity index (χ4n) is 1.29. The van der Waals surface area contributed by atoms with E-state index in [9.17, 15) is 4.39 Å². The van der Waals surface area contributed by atoms with Gasteiger partial charge < -0.3 is 11.1 Å². The molecular weight excluding hydrogens is 195 g/mol. The predicted molar refractivity (Wildman–Crippen MR) is 58.1 cm³/mol. The van der Waals surface area contributed by atoms with Gasteiger partial charge in [-0.1, -0.05) is 0 Å². The lowest BCUT2D eigenvalue weighted by Crippen LogP contribution is -2.34. The number of anilines is 1. The maximum Gasteiger partial charge on any atom is 0.186 e. The molecule has 0 saturated heterocycles. The SMILES string of the molecule is Cc1ncnc(NC(C)(C)CCN)c1F. The number of hydrogen-bond acceptors (Lipinski definition) is 4. The zero-order valence-corrected chi connectivity index (χ0v) is 9.34. The highest BCUT2D eigenvalue weighted by molar-refractivity contribution is 5.39. The van der Waals surface area contributed by atoms with Crippen molar-refractivity contribution in [2.24, 2.45) is 5.73 Å². The van der Waals surface area contributed by atoms with E-state index in [0.29, 0.717) is 12.2 Å². The van der Waals surface area contributed by atoms with Crippen LogP contribution in [0.25, 0.3) is 0 Å². The van der Waals surface area contributed by atoms with Crippen LogP contribution in [-0.2, 0) is 0 Å². The van der Waals surface area contributed by atoms with Gasteiger partial charge >= 0.3 is 0 Å². The average molecular weight is 212 g/mol. The van der Waals surface area contributed by atoms with Gasteiger partial charge in [0, 0.05) is 5.54 Å². The van der Waals surface area contributed by atoms with Gasteiger partial charge in [0.15, 0.2) is 11.6 Å². The Bertz CT molecular complexity index is 338. The standard InChI is InChI=1S/C10H17FN4/c1-7-8(11)9(14-6-13-7)15-10(2,3)4-5-12/h6H,4-5,12H2,1-3H3,(H,13,14,15). The zero-order chi connectivity index (χ0) is 11.5. The molecule has 0 spiro atoms. The minimum absolute atomic E-state index is 0.237. The monoisotopic (exact) mass is 212 g/mol. The molecule has 4 nitrogen and oxygen atoms in total. The van der Waals surface area contributed by atoms with Gasteiger partial charge in [-0.15, -0.1) is 0 Å². The number of hydrogen-bond donors (Lipinski definition) is 2. The number of aryl methyl sites for hydroxylation is 1. The van der Waals surface area contributed by atoms with Crippen molar-refractivity contribution in [3.63, 3.8) is 0 Å². The van der Waals surface area contributed by atoms with Crippen LogP contribution in [0, 0.1) is 12.7 Å². The summed E-state index contributed by atoms with van der Waals surface area (Å²) in [5.74, 6) is -0.163. The van der Waals surface area contributed by atoms with Crippen LogP contribution in [0.4, 0.5) is 10.2 Å². The first-order chi connectivity index (χ1) is 6.96. The van der Waals surface area contributed by atoms with Crippen LogP contribution in [0.15, 0.2) is 6.33 Å². The summed E-state index contributed by atoms with van der Waals surface area (Å²) in [4.78, 5) is 7.63. The number of nitrogens with two attached hydrogens (primary N) is 1. The van der Waals surface area contributed by atoms with E-state index in [1.54, 1.807) is 6.92 Å². The molecule has 1 heterocycles. The first kappa shape index (κ1) is 11.8. The maximum absolute atomic E-state index is 13.6. The lowest BCUT2D eigenvalue weighted by atomic mass is 10.0. The van der Waals surface area contributed by atoms with Crippen LogP contribution in [-0.4, -0.2) is 22.1 Å². The summed E-state index contributed by atoms with van der Waals surface area (Å²) in [5, 5.41) is 3.02. The fraction of sp³-hybridized carbons (Fsp3) is 0.600. The molecule has 0 atom stereocenters. The summed E-state index contributed by atoms with van der Waals surface area (Å²) < 4.78 is 13.6. The molecular formula is C10H17FN4. The molecule has 0 saturated carbocycles. The lowest BCUT2D eigenvalue weighted by Gasteiger charge is -2.26. The number of nitrogens with zero attached hydrogens (tertiary/aromatic N) is 2. The van der Waals surface area contributed by atoms with E-state index in [1.807, 2.05) is 13.8 Å². The summed E-state index contributed by atoms with van der Waals surface area (Å²) in [7, 11) is 0. The van der Waals surface area contributed by atoms with Crippen molar-refractivity contribution in [1.29, 1.82) is 0 Å². The normalized spacial score (nSPS) is 11.5. The Morgan fingerprint density at radius 2 is 2.13 bits per heavy atom. The second-order valence-electron chi connectivity index (χ2n) is 4.17. The van der Waals surface area contributed by atoms with Crippen LogP contribution in [0.1, 0.15) is 26.0 Å². The van der Waals surface area contributed by atoms with Gasteiger partial charge in [0.05, 0.1) is 5.69 Å². The van der Waals surface area contributed by atoms with Gasteiger partial charge in [-0.05, 0) is 33.7 Å². The summed E-state index contributed by atoms with van der Waals surface area (Å²) >= 11 is 0. The molecule has 0 aliphatic rings. The van der Waals surface area contributed by atoms with Crippen molar-refractivity contribution in [3.8, 4) is 0 Å². The van der Waals surface area contributed by atoms with Gasteiger partial charge in [-0.3, -0.25) is 0 Å². The Labute approximate surface area is 89.1 Å². The first-order valence-electron chi connectivity index (χ1n) is 4.91. The highest BCUT2D eigenvalue weighted by Gasteiger charge is 2.19. The first-order valence-corrected chi connectivity index (χ1v) is 4.91. The van der Waals surface area contributed by atoms with Gasteiger partial charge in [0.1, 0.15) is 6.33 Å². The zero-order valence-electron chi connectivity index (χ0n) is 9.34. The van der Waals surface area contributed by atoms with Crippen molar-refractivity contribution >= 4 is 5.82 Å². The van der Waals surface area contributed by atoms with E-state index in [0.717, 1.165) is 6.42 Å². The quantitative estimate of drug-likeness (QED) is 0.793. The predicted octanol–water partition coefficient (Wildman–Crippen LogP) is 1.46. The number of rotatable bonds is 4. The van der Waals surface area contributed by atoms with Gasteiger partial charge in [0.2, 0.25) is 0 Å². The van der Waals surface area contributed by atoms with E-state index in [1.165, 1.54) is 6.33 Å². The third kappa shape index (κ3) is 3.13. The van der Waals surface area contributed by atoms with Crippen LogP contribution in [0.3, 0.4) is 0 Å². The van der Waals surface area contributed by atoms with E-state index in [2.05, 4.69) is 15.3 Å². The molecule has 84 valence electrons. The molecule has 5 heteroatoms. The summed E-state index contributed by atoms with van der Waals surface area (Å²) in [6.45, 7) is 6.07. The van der Waals surface area contributed by atoms with E-state index >= 15 is 0 Å². The molecule has 0 aliphatic heterocycles. The molecule has 0 amide bonds. The molecule has 15 heavy (non-hydrogen) atoms. The van der Waals surface area contributed by atoms with Gasteiger partial charge in [0.25, 0.3) is 0 Å². The molecule has 0 bridgehead atoms. The smallest absolute Gasteiger partial charge is 0.186 e. The van der Waals surface area contributed by atoms with Gasteiger partial charge in [-0.25, -0.2) is 14.4 Å². The maximum atomic E-state index is 13.6. The van der Waals surface area contributed by atoms with E-state index in [4.69, 9.17) is 5.73 Å². The van der Waals surface area contributed by atoms with Crippen molar-refractivity contribution in [3.05, 3.63) is 17.8 Å². The van der Waals surface area contributed by atoms with Crippen LogP contribution < -0.4 is 11.1 Å². The molecule has 1 rings (SSSR count). The molecule has 3 N–H and O–H groups in total. The van der Waals surface area contributed by atoms with E-state index in [-0.39, 0.29) is 11.4 Å². The van der Waals surface area contributed by atoms with Crippen molar-refractivity contribution in [1.82, 2.24) is 9.97 Å². The highest BCUT2D eigenvalue weighted by atomic mass is 19.1. The molecule has 0 aliphatic carbocycles. The Morgan fingerprint density at radius 3 is 2.73 bits per heavy atom. The third-order valence-electron chi connectivity index (χ3n) is 2.19. The Balaban J connectivity index is 2.85. The van der Waals surface area contributed by atoms with Crippen molar-refractivity contribution in [2.45, 2.75) is 32.7 Å². The summed E-state index contributed by atoms with van der Waals surface area (Å²) in [6.07, 6.45) is 2.09.